The van der Waals surface area contributed by atoms with Gasteiger partial charge in [-0.3, -0.25) is 4.79 Å². The van der Waals surface area contributed by atoms with Crippen LogP contribution in [0.3, 0.4) is 0 Å². The molecular formula is C21H27N3O. The lowest BCUT2D eigenvalue weighted by Crippen LogP contribution is -2.28. The predicted octanol–water partition coefficient (Wildman–Crippen LogP) is 3.48. The molecule has 0 spiro atoms. The van der Waals surface area contributed by atoms with Crippen molar-refractivity contribution in [1.82, 2.24) is 15.3 Å². The highest BCUT2D eigenvalue weighted by molar-refractivity contribution is 5.97. The number of nitrogens with zero attached hydrogens (tertiary/aromatic N) is 2. The molecule has 1 N–H and O–H groups in total. The second-order valence-electron chi connectivity index (χ2n) is 7.15. The molecule has 4 heteroatoms. The van der Waals surface area contributed by atoms with E-state index in [0.29, 0.717) is 13.0 Å². The van der Waals surface area contributed by atoms with E-state index in [-0.39, 0.29) is 5.91 Å². The van der Waals surface area contributed by atoms with Crippen molar-refractivity contribution < 1.29 is 4.79 Å². The molecule has 1 amide bonds. The maximum absolute atomic E-state index is 12.7. The Morgan fingerprint density at radius 3 is 2.40 bits per heavy atom. The molecule has 1 aromatic heterocycles. The van der Waals surface area contributed by atoms with E-state index in [1.54, 1.807) is 0 Å². The quantitative estimate of drug-likeness (QED) is 0.929. The van der Waals surface area contributed by atoms with Crippen molar-refractivity contribution in [3.05, 3.63) is 56.7 Å². The Labute approximate surface area is 150 Å². The fraction of sp³-hybridized carbons (Fsp3) is 0.476. The van der Waals surface area contributed by atoms with Gasteiger partial charge in [-0.1, -0.05) is 6.07 Å². The van der Waals surface area contributed by atoms with Crippen LogP contribution in [0.25, 0.3) is 0 Å². The van der Waals surface area contributed by atoms with Crippen LogP contribution in [0.15, 0.2) is 6.07 Å². The molecule has 132 valence electrons. The molecule has 0 aliphatic heterocycles. The zero-order valence-corrected chi connectivity index (χ0v) is 15.9. The molecule has 1 heterocycles. The first-order valence-corrected chi connectivity index (χ1v) is 9.09. The van der Waals surface area contributed by atoms with Crippen LogP contribution in [0, 0.1) is 34.6 Å². The first kappa shape index (κ1) is 17.6. The first-order valence-electron chi connectivity index (χ1n) is 9.09. The molecule has 2 aromatic rings. The highest BCUT2D eigenvalue weighted by Crippen LogP contribution is 2.23. The van der Waals surface area contributed by atoms with Crippen molar-refractivity contribution in [1.29, 1.82) is 0 Å². The summed E-state index contributed by atoms with van der Waals surface area (Å²) in [5.74, 6) is 0.840. The summed E-state index contributed by atoms with van der Waals surface area (Å²) in [6, 6.07) is 2.14. The molecule has 0 saturated heterocycles. The van der Waals surface area contributed by atoms with Gasteiger partial charge in [0.1, 0.15) is 5.82 Å². The van der Waals surface area contributed by atoms with Crippen LogP contribution in [0.2, 0.25) is 0 Å². The van der Waals surface area contributed by atoms with Crippen molar-refractivity contribution in [2.24, 2.45) is 0 Å². The normalized spacial score (nSPS) is 13.0. The molecule has 1 aliphatic carbocycles. The van der Waals surface area contributed by atoms with E-state index in [0.717, 1.165) is 52.2 Å². The summed E-state index contributed by atoms with van der Waals surface area (Å²) in [5.41, 5.74) is 8.88. The number of amides is 1. The Morgan fingerprint density at radius 2 is 1.72 bits per heavy atom. The van der Waals surface area contributed by atoms with Gasteiger partial charge in [-0.25, -0.2) is 9.97 Å². The summed E-state index contributed by atoms with van der Waals surface area (Å²) in [7, 11) is 0. The minimum absolute atomic E-state index is 0.000294. The van der Waals surface area contributed by atoms with Crippen LogP contribution in [0.4, 0.5) is 0 Å². The fourth-order valence-electron chi connectivity index (χ4n) is 3.73. The Hall–Kier alpha value is -2.23. The largest absolute Gasteiger partial charge is 0.352 e. The highest BCUT2D eigenvalue weighted by atomic mass is 16.1. The Balaban J connectivity index is 1.69. The number of aryl methyl sites for hydroxylation is 4. The predicted molar refractivity (Wildman–Crippen MR) is 100 cm³/mol. The topological polar surface area (TPSA) is 54.9 Å². The second-order valence-corrected chi connectivity index (χ2v) is 7.15. The molecule has 0 unspecified atom stereocenters. The van der Waals surface area contributed by atoms with Gasteiger partial charge in [-0.15, -0.1) is 0 Å². The lowest BCUT2D eigenvalue weighted by atomic mass is 9.94. The van der Waals surface area contributed by atoms with Gasteiger partial charge in [0.15, 0.2) is 0 Å². The average molecular weight is 337 g/mol. The molecule has 4 nitrogen and oxygen atoms in total. The molecule has 1 aromatic carbocycles. The number of fused-ring (bicyclic) bond motifs is 1. The van der Waals surface area contributed by atoms with E-state index in [9.17, 15) is 4.79 Å². The van der Waals surface area contributed by atoms with Crippen molar-refractivity contribution in [3.63, 3.8) is 0 Å². The smallest absolute Gasteiger partial charge is 0.251 e. The summed E-state index contributed by atoms with van der Waals surface area (Å²) in [6.07, 6.45) is 4.00. The third-order valence-electron chi connectivity index (χ3n) is 5.41. The van der Waals surface area contributed by atoms with Crippen LogP contribution in [-0.2, 0) is 19.3 Å². The standard InChI is InChI=1S/C21H27N3O/c1-12-11-13(2)15(4)20(14(12)3)21(25)22-10-9-19-23-16(5)17-7-6-8-18(17)24-19/h11H,6-10H2,1-5H3,(H,22,25). The summed E-state index contributed by atoms with van der Waals surface area (Å²) in [4.78, 5) is 22.0. The third-order valence-corrected chi connectivity index (χ3v) is 5.41. The van der Waals surface area contributed by atoms with Gasteiger partial charge in [-0.2, -0.15) is 0 Å². The van der Waals surface area contributed by atoms with Gasteiger partial charge in [-0.05, 0) is 81.7 Å². The molecule has 1 aliphatic rings. The van der Waals surface area contributed by atoms with E-state index in [4.69, 9.17) is 0 Å². The fourth-order valence-corrected chi connectivity index (χ4v) is 3.73. The van der Waals surface area contributed by atoms with Gasteiger partial charge < -0.3 is 5.32 Å². The van der Waals surface area contributed by atoms with Gasteiger partial charge in [0, 0.05) is 29.9 Å². The van der Waals surface area contributed by atoms with Crippen molar-refractivity contribution >= 4 is 5.91 Å². The van der Waals surface area contributed by atoms with Crippen LogP contribution in [0.5, 0.6) is 0 Å². The molecule has 0 radical (unpaired) electrons. The lowest BCUT2D eigenvalue weighted by Gasteiger charge is -2.15. The molecule has 25 heavy (non-hydrogen) atoms. The van der Waals surface area contributed by atoms with Crippen LogP contribution < -0.4 is 5.32 Å². The van der Waals surface area contributed by atoms with E-state index < -0.39 is 0 Å². The Bertz CT molecular complexity index is 814. The van der Waals surface area contributed by atoms with Gasteiger partial charge in [0.25, 0.3) is 5.91 Å². The molecule has 3 rings (SSSR count). The Morgan fingerprint density at radius 1 is 1.04 bits per heavy atom. The first-order chi connectivity index (χ1) is 11.9. The summed E-state index contributed by atoms with van der Waals surface area (Å²) < 4.78 is 0. The average Bonchev–Trinajstić information content (AvgIpc) is 3.02. The minimum atomic E-state index is -0.000294. The van der Waals surface area contributed by atoms with Gasteiger partial charge >= 0.3 is 0 Å². The zero-order chi connectivity index (χ0) is 18.1. The second kappa shape index (κ2) is 6.95. The molecule has 0 bridgehead atoms. The van der Waals surface area contributed by atoms with Crippen LogP contribution in [-0.4, -0.2) is 22.4 Å². The van der Waals surface area contributed by atoms with E-state index in [1.807, 2.05) is 13.8 Å². The van der Waals surface area contributed by atoms with Crippen LogP contribution >= 0.6 is 0 Å². The highest BCUT2D eigenvalue weighted by Gasteiger charge is 2.18. The summed E-state index contributed by atoms with van der Waals surface area (Å²) >= 11 is 0. The van der Waals surface area contributed by atoms with Crippen molar-refractivity contribution in [2.75, 3.05) is 6.54 Å². The molecule has 0 fully saturated rings. The number of benzene rings is 1. The van der Waals surface area contributed by atoms with E-state index in [2.05, 4.69) is 42.1 Å². The van der Waals surface area contributed by atoms with Gasteiger partial charge in [0.2, 0.25) is 0 Å². The number of aromatic nitrogens is 2. The third kappa shape index (κ3) is 3.44. The van der Waals surface area contributed by atoms with Crippen molar-refractivity contribution in [3.8, 4) is 0 Å². The maximum Gasteiger partial charge on any atom is 0.251 e. The summed E-state index contributed by atoms with van der Waals surface area (Å²) in [6.45, 7) is 10.8. The molecule has 0 saturated carbocycles. The Kier molecular flexibility index (Phi) is 4.89. The number of carbonyl (C=O) groups excluding carboxylic acids is 1. The number of hydrogen-bond donors (Lipinski definition) is 1. The lowest BCUT2D eigenvalue weighted by molar-refractivity contribution is 0.0952. The summed E-state index contributed by atoms with van der Waals surface area (Å²) in [5, 5.41) is 3.05. The number of rotatable bonds is 4. The number of hydrogen-bond acceptors (Lipinski definition) is 3. The number of nitrogens with one attached hydrogen (secondary N) is 1. The van der Waals surface area contributed by atoms with E-state index in [1.165, 1.54) is 17.7 Å². The van der Waals surface area contributed by atoms with Gasteiger partial charge in [0.05, 0.1) is 0 Å². The molecule has 0 atom stereocenters. The van der Waals surface area contributed by atoms with Crippen molar-refractivity contribution in [2.45, 2.75) is 60.3 Å². The van der Waals surface area contributed by atoms with E-state index >= 15 is 0 Å². The van der Waals surface area contributed by atoms with Crippen LogP contribution in [0.1, 0.15) is 61.8 Å². The SMILES string of the molecule is Cc1cc(C)c(C)c(C(=O)NCCc2nc(C)c3c(n2)CCC3)c1C. The molecular weight excluding hydrogens is 310 g/mol. The maximum atomic E-state index is 12.7. The number of carbonyl (C=O) groups is 1. The minimum Gasteiger partial charge on any atom is -0.352 e. The monoisotopic (exact) mass is 337 g/mol. The zero-order valence-electron chi connectivity index (χ0n) is 15.9.